The SMILES string of the molecule is CC(C)(Cc1ccc(Cl)cc1)NC(=O)[C@H](CCC(=O)O)NC(=O)c1ccc(-c2ccc(C=O)s2)cc1. The van der Waals surface area contributed by atoms with E-state index in [0.717, 1.165) is 22.3 Å². The van der Waals surface area contributed by atoms with Crippen LogP contribution in [0.2, 0.25) is 5.02 Å². The van der Waals surface area contributed by atoms with E-state index in [2.05, 4.69) is 10.6 Å². The smallest absolute Gasteiger partial charge is 0.303 e. The number of aldehydes is 1. The molecule has 3 aromatic rings. The van der Waals surface area contributed by atoms with Gasteiger partial charge in [-0.25, -0.2) is 0 Å². The highest BCUT2D eigenvalue weighted by Crippen LogP contribution is 2.27. The van der Waals surface area contributed by atoms with Crippen molar-refractivity contribution in [2.24, 2.45) is 0 Å². The molecule has 0 unspecified atom stereocenters. The van der Waals surface area contributed by atoms with Crippen LogP contribution in [0.5, 0.6) is 0 Å². The maximum Gasteiger partial charge on any atom is 0.303 e. The van der Waals surface area contributed by atoms with Crippen molar-refractivity contribution in [1.29, 1.82) is 0 Å². The molecule has 2 amide bonds. The van der Waals surface area contributed by atoms with Crippen LogP contribution in [0.1, 0.15) is 52.3 Å². The van der Waals surface area contributed by atoms with Gasteiger partial charge in [0, 0.05) is 27.4 Å². The van der Waals surface area contributed by atoms with Crippen molar-refractivity contribution in [3.63, 3.8) is 0 Å². The quantitative estimate of drug-likeness (QED) is 0.305. The van der Waals surface area contributed by atoms with Crippen LogP contribution in [0.3, 0.4) is 0 Å². The number of aliphatic carboxylic acids is 1. The summed E-state index contributed by atoms with van der Waals surface area (Å²) in [6.07, 6.45) is 0.985. The van der Waals surface area contributed by atoms with Gasteiger partial charge in [-0.1, -0.05) is 35.9 Å². The first kappa shape index (κ1) is 27.1. The van der Waals surface area contributed by atoms with Crippen LogP contribution in [-0.4, -0.2) is 40.8 Å². The van der Waals surface area contributed by atoms with E-state index < -0.39 is 29.4 Å². The van der Waals surface area contributed by atoms with Crippen molar-refractivity contribution in [1.82, 2.24) is 10.6 Å². The molecule has 0 radical (unpaired) electrons. The highest BCUT2D eigenvalue weighted by molar-refractivity contribution is 7.17. The summed E-state index contributed by atoms with van der Waals surface area (Å²) >= 11 is 7.29. The van der Waals surface area contributed by atoms with Crippen LogP contribution in [0.15, 0.2) is 60.7 Å². The first-order chi connectivity index (χ1) is 17.1. The first-order valence-electron chi connectivity index (χ1n) is 11.3. The number of thiophene rings is 1. The number of carbonyl (C=O) groups is 4. The Morgan fingerprint density at radius 3 is 2.28 bits per heavy atom. The summed E-state index contributed by atoms with van der Waals surface area (Å²) in [4.78, 5) is 49.6. The minimum Gasteiger partial charge on any atom is -0.481 e. The Bertz CT molecular complexity index is 1240. The van der Waals surface area contributed by atoms with Crippen molar-refractivity contribution < 1.29 is 24.3 Å². The second-order valence-corrected chi connectivity index (χ2v) is 10.6. The lowest BCUT2D eigenvalue weighted by Crippen LogP contribution is -2.54. The summed E-state index contributed by atoms with van der Waals surface area (Å²) < 4.78 is 0. The molecule has 0 saturated carbocycles. The molecule has 36 heavy (non-hydrogen) atoms. The van der Waals surface area contributed by atoms with Crippen LogP contribution in [-0.2, 0) is 16.0 Å². The highest BCUT2D eigenvalue weighted by atomic mass is 35.5. The standard InChI is InChI=1S/C27H27ClN2O5S/c1-27(2,15-17-3-9-20(28)10-4-17)30-26(35)22(12-14-24(32)33)29-25(34)19-7-5-18(6-8-19)23-13-11-21(16-31)36-23/h3-11,13,16,22H,12,14-15H2,1-2H3,(H,29,34)(H,30,35)(H,32,33)/t22-/m0/s1. The molecule has 2 aromatic carbocycles. The monoisotopic (exact) mass is 526 g/mol. The van der Waals surface area contributed by atoms with Gasteiger partial charge in [-0.05, 0) is 74.2 Å². The molecule has 7 nitrogen and oxygen atoms in total. The van der Waals surface area contributed by atoms with Crippen LogP contribution < -0.4 is 10.6 Å². The van der Waals surface area contributed by atoms with Gasteiger partial charge in [0.2, 0.25) is 5.91 Å². The van der Waals surface area contributed by atoms with E-state index in [1.807, 2.05) is 32.0 Å². The summed E-state index contributed by atoms with van der Waals surface area (Å²) in [7, 11) is 0. The van der Waals surface area contributed by atoms with Gasteiger partial charge >= 0.3 is 5.97 Å². The highest BCUT2D eigenvalue weighted by Gasteiger charge is 2.28. The van der Waals surface area contributed by atoms with Crippen molar-refractivity contribution >= 4 is 47.0 Å². The molecule has 3 N–H and O–H groups in total. The molecule has 0 spiro atoms. The number of carbonyl (C=O) groups excluding carboxylic acids is 3. The Morgan fingerprint density at radius 1 is 1.03 bits per heavy atom. The predicted octanol–water partition coefficient (Wildman–Crippen LogP) is 4.98. The van der Waals surface area contributed by atoms with Gasteiger partial charge in [-0.15, -0.1) is 11.3 Å². The zero-order valence-corrected chi connectivity index (χ0v) is 21.5. The van der Waals surface area contributed by atoms with Crippen LogP contribution in [0.25, 0.3) is 10.4 Å². The van der Waals surface area contributed by atoms with Gasteiger partial charge in [-0.2, -0.15) is 0 Å². The molecule has 0 saturated heterocycles. The van der Waals surface area contributed by atoms with E-state index in [-0.39, 0.29) is 12.8 Å². The number of rotatable bonds is 11. The van der Waals surface area contributed by atoms with Crippen molar-refractivity contribution in [2.45, 2.75) is 44.7 Å². The van der Waals surface area contributed by atoms with Crippen LogP contribution in [0.4, 0.5) is 0 Å². The number of nitrogens with one attached hydrogen (secondary N) is 2. The molecule has 1 aromatic heterocycles. The number of hydrogen-bond donors (Lipinski definition) is 3. The van der Waals surface area contributed by atoms with Crippen molar-refractivity contribution in [2.75, 3.05) is 0 Å². The molecule has 1 atom stereocenters. The third-order valence-electron chi connectivity index (χ3n) is 5.46. The normalized spacial score (nSPS) is 12.0. The van der Waals surface area contributed by atoms with Gasteiger partial charge in [0.15, 0.2) is 6.29 Å². The number of benzene rings is 2. The summed E-state index contributed by atoms with van der Waals surface area (Å²) in [5.41, 5.74) is 1.51. The average molecular weight is 527 g/mol. The fourth-order valence-corrected chi connectivity index (χ4v) is 4.67. The molecule has 0 fully saturated rings. The lowest BCUT2D eigenvalue weighted by molar-refractivity contribution is -0.137. The Balaban J connectivity index is 1.69. The van der Waals surface area contributed by atoms with Gasteiger partial charge in [0.25, 0.3) is 5.91 Å². The Labute approximate surface area is 218 Å². The van der Waals surface area contributed by atoms with Gasteiger partial charge in [-0.3, -0.25) is 19.2 Å². The zero-order chi connectivity index (χ0) is 26.3. The zero-order valence-electron chi connectivity index (χ0n) is 19.9. The third kappa shape index (κ3) is 7.76. The molecule has 0 aliphatic heterocycles. The number of hydrogen-bond acceptors (Lipinski definition) is 5. The maximum atomic E-state index is 13.1. The molecule has 0 bridgehead atoms. The van der Waals surface area contributed by atoms with Crippen molar-refractivity contribution in [3.8, 4) is 10.4 Å². The van der Waals surface area contributed by atoms with E-state index >= 15 is 0 Å². The Kier molecular flexibility index (Phi) is 9.01. The largest absolute Gasteiger partial charge is 0.481 e. The van der Waals surface area contributed by atoms with Gasteiger partial charge < -0.3 is 15.7 Å². The van der Waals surface area contributed by atoms with Gasteiger partial charge in [0.1, 0.15) is 6.04 Å². The molecule has 1 heterocycles. The van der Waals surface area contributed by atoms with E-state index in [0.29, 0.717) is 21.9 Å². The van der Waals surface area contributed by atoms with Crippen LogP contribution in [0, 0.1) is 0 Å². The number of amides is 2. The maximum absolute atomic E-state index is 13.1. The Morgan fingerprint density at radius 2 is 1.69 bits per heavy atom. The summed E-state index contributed by atoms with van der Waals surface area (Å²) in [5.74, 6) is -2.00. The third-order valence-corrected chi connectivity index (χ3v) is 6.78. The van der Waals surface area contributed by atoms with E-state index in [1.54, 1.807) is 42.5 Å². The predicted molar refractivity (Wildman–Crippen MR) is 141 cm³/mol. The number of halogens is 1. The van der Waals surface area contributed by atoms with Crippen LogP contribution >= 0.6 is 22.9 Å². The minimum absolute atomic E-state index is 0.0499. The molecular weight excluding hydrogens is 500 g/mol. The lowest BCUT2D eigenvalue weighted by atomic mass is 9.94. The molecule has 3 rings (SSSR count). The first-order valence-corrected chi connectivity index (χ1v) is 12.5. The fraction of sp³-hybridized carbons (Fsp3) is 0.259. The topological polar surface area (TPSA) is 113 Å². The second-order valence-electron chi connectivity index (χ2n) is 9.03. The molecule has 9 heteroatoms. The second kappa shape index (κ2) is 12.0. The number of carboxylic acids is 1. The molecule has 0 aliphatic carbocycles. The summed E-state index contributed by atoms with van der Waals surface area (Å²) in [5, 5.41) is 15.4. The lowest BCUT2D eigenvalue weighted by Gasteiger charge is -2.29. The summed E-state index contributed by atoms with van der Waals surface area (Å²) in [6, 6.07) is 16.6. The van der Waals surface area contributed by atoms with Gasteiger partial charge in [0.05, 0.1) is 4.88 Å². The minimum atomic E-state index is -1.06. The Hall–Kier alpha value is -3.49. The van der Waals surface area contributed by atoms with E-state index in [4.69, 9.17) is 16.7 Å². The average Bonchev–Trinajstić information content (AvgIpc) is 3.32. The van der Waals surface area contributed by atoms with Crippen molar-refractivity contribution in [3.05, 3.63) is 81.7 Å². The van der Waals surface area contributed by atoms with E-state index in [1.165, 1.54) is 11.3 Å². The number of carboxylic acid groups (broad SMARTS) is 1. The summed E-state index contributed by atoms with van der Waals surface area (Å²) in [6.45, 7) is 3.71. The fourth-order valence-electron chi connectivity index (χ4n) is 3.71. The molecule has 0 aliphatic rings. The van der Waals surface area contributed by atoms with E-state index in [9.17, 15) is 19.2 Å². The molecule has 188 valence electrons. The molecular formula is C27H27ClN2O5S.